The van der Waals surface area contributed by atoms with Crippen molar-refractivity contribution in [2.45, 2.75) is 6.61 Å². The van der Waals surface area contributed by atoms with E-state index in [-0.39, 0.29) is 17.9 Å². The Kier molecular flexibility index (Phi) is 7.16. The van der Waals surface area contributed by atoms with Crippen molar-refractivity contribution in [1.29, 1.82) is 0 Å². The lowest BCUT2D eigenvalue weighted by molar-refractivity contribution is -0.120. The number of para-hydroxylation sites is 1. The van der Waals surface area contributed by atoms with E-state index in [1.54, 1.807) is 24.3 Å². The lowest BCUT2D eigenvalue weighted by Crippen LogP contribution is -2.17. The summed E-state index contributed by atoms with van der Waals surface area (Å²) in [6.07, 6.45) is 1.18. The maximum Gasteiger partial charge on any atom is 0.387 e. The number of hydrogen-bond acceptors (Lipinski definition) is 5. The first-order valence-corrected chi connectivity index (χ1v) is 7.70. The van der Waals surface area contributed by atoms with Gasteiger partial charge >= 0.3 is 6.61 Å². The van der Waals surface area contributed by atoms with E-state index in [2.05, 4.69) is 15.2 Å². The molecule has 2 rings (SSSR count). The number of methoxy groups -OCH3 is 1. The normalized spacial score (nSPS) is 10.8. The number of carbonyl (C=O) groups is 1. The van der Waals surface area contributed by atoms with Crippen LogP contribution in [0.2, 0.25) is 5.02 Å². The molecule has 0 aliphatic heterocycles. The molecular weight excluding hydrogens is 370 g/mol. The van der Waals surface area contributed by atoms with Gasteiger partial charge in [0.15, 0.2) is 6.61 Å². The summed E-state index contributed by atoms with van der Waals surface area (Å²) in [6.45, 7) is -3.33. The van der Waals surface area contributed by atoms with Gasteiger partial charge in [0.05, 0.1) is 18.3 Å². The number of nitrogens with zero attached hydrogens (tertiary/aromatic N) is 1. The molecule has 0 saturated carbocycles. The third-order valence-corrected chi connectivity index (χ3v) is 3.33. The minimum atomic E-state index is -2.95. The number of alkyl halides is 2. The Bertz CT molecular complexity index is 787. The van der Waals surface area contributed by atoms with Crippen LogP contribution in [0.15, 0.2) is 47.6 Å². The summed E-state index contributed by atoms with van der Waals surface area (Å²) in [6, 6.07) is 10.8. The number of carbonyl (C=O) groups excluding carboxylic acids is 1. The van der Waals surface area contributed by atoms with E-state index in [0.29, 0.717) is 16.5 Å². The van der Waals surface area contributed by atoms with Crippen molar-refractivity contribution >= 4 is 29.4 Å². The van der Waals surface area contributed by atoms with Crippen LogP contribution < -0.4 is 14.8 Å². The fourth-order valence-electron chi connectivity index (χ4n) is 1.92. The fraction of sp³-hybridized carbons (Fsp3) is 0.176. The van der Waals surface area contributed by atoms with Crippen LogP contribution in [0.1, 0.15) is 5.56 Å². The lowest BCUT2D eigenvalue weighted by atomic mass is 10.2. The van der Waals surface area contributed by atoms with Crippen molar-refractivity contribution in [2.24, 2.45) is 5.16 Å². The summed E-state index contributed by atoms with van der Waals surface area (Å²) >= 11 is 5.96. The predicted octanol–water partition coefficient (Wildman–Crippen LogP) is 3.94. The zero-order valence-corrected chi connectivity index (χ0v) is 14.4. The van der Waals surface area contributed by atoms with Crippen LogP contribution in [-0.2, 0) is 9.63 Å². The summed E-state index contributed by atoms with van der Waals surface area (Å²) < 4.78 is 34.0. The second kappa shape index (κ2) is 9.57. The second-order valence-corrected chi connectivity index (χ2v) is 5.23. The molecule has 0 aliphatic carbocycles. The fourth-order valence-corrected chi connectivity index (χ4v) is 2.18. The average molecular weight is 385 g/mol. The summed E-state index contributed by atoms with van der Waals surface area (Å²) in [7, 11) is 1.48. The maximum atomic E-state index is 12.3. The maximum absolute atomic E-state index is 12.3. The van der Waals surface area contributed by atoms with E-state index in [0.717, 1.165) is 0 Å². The molecule has 26 heavy (non-hydrogen) atoms. The molecule has 0 spiro atoms. The number of ether oxygens (including phenoxy) is 2. The Balaban J connectivity index is 1.87. The molecule has 2 aromatic carbocycles. The van der Waals surface area contributed by atoms with E-state index in [1.165, 1.54) is 31.5 Å². The molecule has 0 bridgehead atoms. The Labute approximate surface area is 153 Å². The molecule has 0 unspecified atom stereocenters. The molecule has 0 heterocycles. The predicted molar refractivity (Wildman–Crippen MR) is 93.3 cm³/mol. The highest BCUT2D eigenvalue weighted by Gasteiger charge is 2.08. The molecule has 1 amide bonds. The van der Waals surface area contributed by atoms with Gasteiger partial charge in [0.2, 0.25) is 0 Å². The van der Waals surface area contributed by atoms with E-state index >= 15 is 0 Å². The van der Waals surface area contributed by atoms with Gasteiger partial charge in [0.1, 0.15) is 11.5 Å². The number of nitrogens with one attached hydrogen (secondary N) is 1. The van der Waals surface area contributed by atoms with E-state index in [4.69, 9.17) is 21.2 Å². The van der Waals surface area contributed by atoms with Crippen molar-refractivity contribution in [1.82, 2.24) is 0 Å². The molecule has 6 nitrogen and oxygen atoms in total. The molecule has 9 heteroatoms. The first-order chi connectivity index (χ1) is 12.5. The Hall–Kier alpha value is -2.87. The van der Waals surface area contributed by atoms with Gasteiger partial charge < -0.3 is 19.6 Å². The number of amides is 1. The van der Waals surface area contributed by atoms with Crippen molar-refractivity contribution < 1.29 is 27.9 Å². The van der Waals surface area contributed by atoms with E-state index in [1.807, 2.05) is 0 Å². The number of halogens is 3. The van der Waals surface area contributed by atoms with Crippen molar-refractivity contribution in [2.75, 3.05) is 19.0 Å². The lowest BCUT2D eigenvalue weighted by Gasteiger charge is -2.08. The van der Waals surface area contributed by atoms with Gasteiger partial charge in [0.25, 0.3) is 5.91 Å². The van der Waals surface area contributed by atoms with Gasteiger partial charge in [-0.25, -0.2) is 0 Å². The number of oxime groups is 1. The summed E-state index contributed by atoms with van der Waals surface area (Å²) in [5.74, 6) is -0.0390. The van der Waals surface area contributed by atoms with Crippen molar-refractivity contribution in [3.63, 3.8) is 0 Å². The van der Waals surface area contributed by atoms with E-state index in [9.17, 15) is 13.6 Å². The Morgan fingerprint density at radius 2 is 2.04 bits per heavy atom. The SMILES string of the molecule is COc1ccc(NC(=O)CO/N=C/c2ccccc2OC(F)F)cc1Cl. The monoisotopic (exact) mass is 384 g/mol. The highest BCUT2D eigenvalue weighted by atomic mass is 35.5. The zero-order valence-electron chi connectivity index (χ0n) is 13.6. The summed E-state index contributed by atoms with van der Waals surface area (Å²) in [5.41, 5.74) is 0.749. The second-order valence-electron chi connectivity index (χ2n) is 4.82. The third-order valence-electron chi connectivity index (χ3n) is 3.03. The largest absolute Gasteiger partial charge is 0.495 e. The van der Waals surface area contributed by atoms with Gasteiger partial charge in [-0.15, -0.1) is 0 Å². The molecule has 0 aliphatic rings. The first-order valence-electron chi connectivity index (χ1n) is 7.32. The van der Waals surface area contributed by atoms with Crippen LogP contribution in [0.25, 0.3) is 0 Å². The van der Waals surface area contributed by atoms with Crippen molar-refractivity contribution in [3.8, 4) is 11.5 Å². The van der Waals surface area contributed by atoms with E-state index < -0.39 is 12.5 Å². The molecule has 0 radical (unpaired) electrons. The van der Waals surface area contributed by atoms with Crippen LogP contribution in [0.5, 0.6) is 11.5 Å². The highest BCUT2D eigenvalue weighted by Crippen LogP contribution is 2.27. The minimum absolute atomic E-state index is 0.0489. The van der Waals surface area contributed by atoms with Gasteiger partial charge in [-0.1, -0.05) is 28.9 Å². The van der Waals surface area contributed by atoms with Gasteiger partial charge in [-0.2, -0.15) is 8.78 Å². The molecule has 0 aromatic heterocycles. The van der Waals surface area contributed by atoms with Crippen molar-refractivity contribution in [3.05, 3.63) is 53.1 Å². The standard InChI is InChI=1S/C17H15ClF2N2O4/c1-24-15-7-6-12(8-13(15)18)22-16(23)10-25-21-9-11-4-2-3-5-14(11)26-17(19)20/h2-9,17H,10H2,1H3,(H,22,23)/b21-9+. The molecule has 0 saturated heterocycles. The molecule has 138 valence electrons. The Morgan fingerprint density at radius 1 is 1.27 bits per heavy atom. The molecule has 2 aromatic rings. The first kappa shape index (κ1) is 19.5. The van der Waals surface area contributed by atoms with Gasteiger partial charge in [0, 0.05) is 11.3 Å². The molecule has 0 fully saturated rings. The number of benzene rings is 2. The molecule has 0 atom stereocenters. The molecule has 1 N–H and O–H groups in total. The topological polar surface area (TPSA) is 69.2 Å². The summed E-state index contributed by atoms with van der Waals surface area (Å²) in [4.78, 5) is 16.7. The van der Waals surface area contributed by atoms with Crippen LogP contribution in [0, 0.1) is 0 Å². The van der Waals surface area contributed by atoms with Crippen LogP contribution >= 0.6 is 11.6 Å². The van der Waals surface area contributed by atoms with Crippen LogP contribution in [0.3, 0.4) is 0 Å². The van der Waals surface area contributed by atoms with Crippen LogP contribution in [-0.4, -0.2) is 32.4 Å². The molecular formula is C17H15ClF2N2O4. The number of rotatable bonds is 8. The third kappa shape index (κ3) is 5.89. The number of anilines is 1. The quantitative estimate of drug-likeness (QED) is 0.553. The smallest absolute Gasteiger partial charge is 0.387 e. The van der Waals surface area contributed by atoms with Crippen LogP contribution in [0.4, 0.5) is 14.5 Å². The zero-order chi connectivity index (χ0) is 18.9. The Morgan fingerprint density at radius 3 is 2.73 bits per heavy atom. The average Bonchev–Trinajstić information content (AvgIpc) is 2.60. The van der Waals surface area contributed by atoms with Gasteiger partial charge in [-0.3, -0.25) is 4.79 Å². The minimum Gasteiger partial charge on any atom is -0.495 e. The van der Waals surface area contributed by atoms with Gasteiger partial charge in [-0.05, 0) is 30.3 Å². The highest BCUT2D eigenvalue weighted by molar-refractivity contribution is 6.32. The summed E-state index contributed by atoms with van der Waals surface area (Å²) in [5, 5.41) is 6.49. The number of hydrogen-bond donors (Lipinski definition) is 1.